The fourth-order valence-corrected chi connectivity index (χ4v) is 4.36. The first-order valence-electron chi connectivity index (χ1n) is 9.38. The summed E-state index contributed by atoms with van der Waals surface area (Å²) in [7, 11) is 2.18. The van der Waals surface area contributed by atoms with Crippen molar-refractivity contribution in [3.8, 4) is 0 Å². The molecular weight excluding hydrogens is 284 g/mol. The van der Waals surface area contributed by atoms with Crippen LogP contribution in [0.3, 0.4) is 0 Å². The van der Waals surface area contributed by atoms with E-state index in [1.54, 1.807) is 0 Å². The fourth-order valence-electron chi connectivity index (χ4n) is 4.36. The van der Waals surface area contributed by atoms with Crippen LogP contribution in [0, 0.1) is 11.8 Å². The van der Waals surface area contributed by atoms with Gasteiger partial charge in [0, 0.05) is 6.04 Å². The molecule has 3 nitrogen and oxygen atoms in total. The number of aryl methyl sites for hydroxylation is 1. The van der Waals surface area contributed by atoms with Crippen molar-refractivity contribution < 1.29 is 5.11 Å². The molecule has 1 aromatic rings. The lowest BCUT2D eigenvalue weighted by atomic mass is 9.77. The third kappa shape index (κ3) is 4.56. The Morgan fingerprint density at radius 2 is 1.91 bits per heavy atom. The van der Waals surface area contributed by atoms with Gasteiger partial charge in [-0.15, -0.1) is 0 Å². The maximum atomic E-state index is 11.0. The van der Waals surface area contributed by atoms with Gasteiger partial charge in [-0.3, -0.25) is 0 Å². The van der Waals surface area contributed by atoms with E-state index in [1.165, 1.54) is 24.8 Å². The summed E-state index contributed by atoms with van der Waals surface area (Å²) in [5, 5.41) is 14.6. The van der Waals surface area contributed by atoms with Gasteiger partial charge in [0.15, 0.2) is 0 Å². The predicted octanol–water partition coefficient (Wildman–Crippen LogP) is 2.69. The molecule has 2 fully saturated rings. The quantitative estimate of drug-likeness (QED) is 0.877. The Bertz CT molecular complexity index is 456. The molecule has 3 atom stereocenters. The molecule has 2 heterocycles. The van der Waals surface area contributed by atoms with Gasteiger partial charge in [0.25, 0.3) is 0 Å². The van der Waals surface area contributed by atoms with Crippen LogP contribution in [0.2, 0.25) is 0 Å². The van der Waals surface area contributed by atoms with Crippen molar-refractivity contribution in [1.82, 2.24) is 10.2 Å². The van der Waals surface area contributed by atoms with Crippen LogP contribution in [0.25, 0.3) is 0 Å². The molecule has 2 aliphatic rings. The summed E-state index contributed by atoms with van der Waals surface area (Å²) in [6.07, 6.45) is 6.92. The zero-order chi connectivity index (χ0) is 16.1. The zero-order valence-corrected chi connectivity index (χ0v) is 14.5. The highest BCUT2D eigenvalue weighted by atomic mass is 16.3. The van der Waals surface area contributed by atoms with Crippen LogP contribution in [0.5, 0.6) is 0 Å². The van der Waals surface area contributed by atoms with Crippen molar-refractivity contribution in [3.63, 3.8) is 0 Å². The first-order chi connectivity index (χ1) is 11.2. The van der Waals surface area contributed by atoms with Gasteiger partial charge in [0.1, 0.15) is 0 Å². The molecule has 3 heteroatoms. The lowest BCUT2D eigenvalue weighted by Crippen LogP contribution is -2.53. The molecule has 0 radical (unpaired) electrons. The largest absolute Gasteiger partial charge is 0.391 e. The van der Waals surface area contributed by atoms with Crippen LogP contribution in [0.15, 0.2) is 30.3 Å². The van der Waals surface area contributed by atoms with Crippen LogP contribution >= 0.6 is 0 Å². The molecule has 3 rings (SSSR count). The minimum absolute atomic E-state index is 0.176. The van der Waals surface area contributed by atoms with Crippen molar-refractivity contribution in [2.75, 3.05) is 26.7 Å². The Morgan fingerprint density at radius 3 is 2.65 bits per heavy atom. The standard InChI is InChI=1S/C20H32N2O/c1-22-14-11-18(12-15-22)20(23)19-17(8-5-13-21-19)10-9-16-6-3-2-4-7-16/h2-4,6-7,17-21,23H,5,8-15H2,1H3. The lowest BCUT2D eigenvalue weighted by molar-refractivity contribution is 0.00890. The predicted molar refractivity (Wildman–Crippen MR) is 95.5 cm³/mol. The summed E-state index contributed by atoms with van der Waals surface area (Å²) in [6.45, 7) is 3.32. The molecule has 2 saturated heterocycles. The second kappa shape index (κ2) is 8.27. The smallest absolute Gasteiger partial charge is 0.0724 e. The summed E-state index contributed by atoms with van der Waals surface area (Å²) < 4.78 is 0. The molecule has 23 heavy (non-hydrogen) atoms. The molecule has 3 unspecified atom stereocenters. The Morgan fingerprint density at radius 1 is 1.17 bits per heavy atom. The highest BCUT2D eigenvalue weighted by molar-refractivity contribution is 5.14. The normalized spacial score (nSPS) is 28.6. The second-order valence-corrected chi connectivity index (χ2v) is 7.54. The first-order valence-corrected chi connectivity index (χ1v) is 9.38. The van der Waals surface area contributed by atoms with Gasteiger partial charge >= 0.3 is 0 Å². The van der Waals surface area contributed by atoms with E-state index in [9.17, 15) is 5.11 Å². The summed E-state index contributed by atoms with van der Waals surface area (Å²) >= 11 is 0. The van der Waals surface area contributed by atoms with E-state index in [1.807, 2.05) is 0 Å². The Labute approximate surface area is 141 Å². The molecule has 2 aliphatic heterocycles. The second-order valence-electron chi connectivity index (χ2n) is 7.54. The average Bonchev–Trinajstić information content (AvgIpc) is 2.61. The van der Waals surface area contributed by atoms with Gasteiger partial charge in [0.05, 0.1) is 6.10 Å². The number of piperidine rings is 2. The topological polar surface area (TPSA) is 35.5 Å². The summed E-state index contributed by atoms with van der Waals surface area (Å²) in [5.74, 6) is 1.08. The van der Waals surface area contributed by atoms with Gasteiger partial charge in [-0.25, -0.2) is 0 Å². The number of likely N-dealkylation sites (tertiary alicyclic amines) is 1. The average molecular weight is 316 g/mol. The molecule has 0 aromatic heterocycles. The number of nitrogens with zero attached hydrogens (tertiary/aromatic N) is 1. The zero-order valence-electron chi connectivity index (χ0n) is 14.5. The lowest BCUT2D eigenvalue weighted by Gasteiger charge is -2.41. The highest BCUT2D eigenvalue weighted by Crippen LogP contribution is 2.30. The number of benzene rings is 1. The number of rotatable bonds is 5. The van der Waals surface area contributed by atoms with Crippen LogP contribution in [-0.4, -0.2) is 48.8 Å². The van der Waals surface area contributed by atoms with Crippen molar-refractivity contribution in [1.29, 1.82) is 0 Å². The summed E-state index contributed by atoms with van der Waals surface area (Å²) in [4.78, 5) is 2.38. The van der Waals surface area contributed by atoms with E-state index < -0.39 is 0 Å². The van der Waals surface area contributed by atoms with Crippen molar-refractivity contribution in [3.05, 3.63) is 35.9 Å². The van der Waals surface area contributed by atoms with Crippen LogP contribution in [-0.2, 0) is 6.42 Å². The monoisotopic (exact) mass is 316 g/mol. The molecule has 2 N–H and O–H groups in total. The number of hydrogen-bond acceptors (Lipinski definition) is 3. The third-order valence-corrected chi connectivity index (χ3v) is 5.90. The van der Waals surface area contributed by atoms with E-state index in [-0.39, 0.29) is 6.10 Å². The maximum Gasteiger partial charge on any atom is 0.0724 e. The van der Waals surface area contributed by atoms with Gasteiger partial charge in [-0.2, -0.15) is 0 Å². The van der Waals surface area contributed by atoms with E-state index >= 15 is 0 Å². The number of nitrogens with one attached hydrogen (secondary N) is 1. The van der Waals surface area contributed by atoms with Gasteiger partial charge < -0.3 is 15.3 Å². The van der Waals surface area contributed by atoms with E-state index in [0.717, 1.165) is 38.9 Å². The van der Waals surface area contributed by atoms with E-state index in [4.69, 9.17) is 0 Å². The molecule has 0 bridgehead atoms. The minimum atomic E-state index is -0.176. The number of aliphatic hydroxyl groups excluding tert-OH is 1. The van der Waals surface area contributed by atoms with Crippen LogP contribution in [0.4, 0.5) is 0 Å². The number of hydrogen-bond donors (Lipinski definition) is 2. The minimum Gasteiger partial charge on any atom is -0.391 e. The molecule has 128 valence electrons. The Balaban J connectivity index is 1.57. The Kier molecular flexibility index (Phi) is 6.09. The van der Waals surface area contributed by atoms with Crippen molar-refractivity contribution >= 4 is 0 Å². The summed E-state index contributed by atoms with van der Waals surface area (Å²) in [5.41, 5.74) is 1.42. The van der Waals surface area contributed by atoms with E-state index in [2.05, 4.69) is 47.6 Å². The molecule has 1 aromatic carbocycles. The SMILES string of the molecule is CN1CCC(C(O)C2NCCCC2CCc2ccccc2)CC1. The third-order valence-electron chi connectivity index (χ3n) is 5.90. The highest BCUT2D eigenvalue weighted by Gasteiger charge is 2.35. The fraction of sp³-hybridized carbons (Fsp3) is 0.700. The molecule has 0 amide bonds. The van der Waals surface area contributed by atoms with Crippen LogP contribution in [0.1, 0.15) is 37.7 Å². The molecule has 0 spiro atoms. The van der Waals surface area contributed by atoms with Crippen molar-refractivity contribution in [2.24, 2.45) is 11.8 Å². The summed E-state index contributed by atoms with van der Waals surface area (Å²) in [6, 6.07) is 11.1. The molecule has 0 saturated carbocycles. The Hall–Kier alpha value is -0.900. The first kappa shape index (κ1) is 16.9. The molecular formula is C20H32N2O. The van der Waals surface area contributed by atoms with E-state index in [0.29, 0.717) is 17.9 Å². The number of aliphatic hydroxyl groups is 1. The van der Waals surface area contributed by atoms with Gasteiger partial charge in [-0.05, 0) is 82.6 Å². The maximum absolute atomic E-state index is 11.0. The van der Waals surface area contributed by atoms with Crippen LogP contribution < -0.4 is 5.32 Å². The van der Waals surface area contributed by atoms with Gasteiger partial charge in [-0.1, -0.05) is 30.3 Å². The van der Waals surface area contributed by atoms with Gasteiger partial charge in [0.2, 0.25) is 0 Å². The van der Waals surface area contributed by atoms with Crippen molar-refractivity contribution in [2.45, 2.75) is 50.7 Å². The molecule has 0 aliphatic carbocycles.